The number of benzene rings is 2. The van der Waals surface area contributed by atoms with Crippen molar-refractivity contribution < 1.29 is 32.2 Å². The van der Waals surface area contributed by atoms with Gasteiger partial charge in [-0.3, -0.25) is 0 Å². The molecular formula is C21H17F3O4. The lowest BCUT2D eigenvalue weighted by Crippen LogP contribution is -2.50. The summed E-state index contributed by atoms with van der Waals surface area (Å²) in [5, 5.41) is 10.5. The number of ether oxygens (including phenoxy) is 1. The second-order valence-electron chi connectivity index (χ2n) is 6.01. The van der Waals surface area contributed by atoms with Gasteiger partial charge in [-0.05, 0) is 18.6 Å². The van der Waals surface area contributed by atoms with Crippen LogP contribution in [0.15, 0.2) is 71.1 Å². The van der Waals surface area contributed by atoms with E-state index in [2.05, 4.69) is 4.74 Å². The second-order valence-corrected chi connectivity index (χ2v) is 6.01. The number of halogens is 3. The van der Waals surface area contributed by atoms with E-state index in [0.717, 1.165) is 0 Å². The van der Waals surface area contributed by atoms with E-state index in [1.54, 1.807) is 60.7 Å². The molecule has 146 valence electrons. The summed E-state index contributed by atoms with van der Waals surface area (Å²) in [4.78, 5) is 12.2. The van der Waals surface area contributed by atoms with Gasteiger partial charge < -0.3 is 14.3 Å². The number of carbonyl (C=O) groups excluding carboxylic acids is 1. The van der Waals surface area contributed by atoms with Crippen molar-refractivity contribution >= 4 is 5.97 Å². The molecule has 0 fully saturated rings. The van der Waals surface area contributed by atoms with Crippen LogP contribution in [-0.4, -0.2) is 23.9 Å². The SMILES string of the molecule is CCOC(=O)[C@](O)(c1oc(-c2ccccc2)cc1-c1ccccc1)C(F)(F)F. The van der Waals surface area contributed by atoms with Crippen LogP contribution < -0.4 is 0 Å². The zero-order valence-corrected chi connectivity index (χ0v) is 14.9. The number of rotatable bonds is 5. The maximum atomic E-state index is 13.9. The van der Waals surface area contributed by atoms with Crippen LogP contribution in [0.4, 0.5) is 13.2 Å². The zero-order valence-electron chi connectivity index (χ0n) is 14.9. The molecule has 0 aliphatic rings. The Balaban J connectivity index is 2.28. The molecule has 3 aromatic rings. The Bertz CT molecular complexity index is 949. The molecule has 0 radical (unpaired) electrons. The molecule has 1 aromatic heterocycles. The Morgan fingerprint density at radius 2 is 1.54 bits per heavy atom. The highest BCUT2D eigenvalue weighted by atomic mass is 19.4. The summed E-state index contributed by atoms with van der Waals surface area (Å²) < 4.78 is 51.5. The first-order valence-electron chi connectivity index (χ1n) is 8.50. The van der Waals surface area contributed by atoms with Crippen LogP contribution in [0.2, 0.25) is 0 Å². The Hall–Kier alpha value is -3.06. The molecule has 0 aliphatic carbocycles. The molecule has 0 unspecified atom stereocenters. The van der Waals surface area contributed by atoms with Crippen molar-refractivity contribution in [1.82, 2.24) is 0 Å². The van der Waals surface area contributed by atoms with Crippen molar-refractivity contribution in [2.24, 2.45) is 0 Å². The highest BCUT2D eigenvalue weighted by Gasteiger charge is 2.65. The second kappa shape index (κ2) is 7.52. The van der Waals surface area contributed by atoms with E-state index in [0.29, 0.717) is 11.1 Å². The fourth-order valence-corrected chi connectivity index (χ4v) is 2.81. The molecule has 28 heavy (non-hydrogen) atoms. The third-order valence-corrected chi connectivity index (χ3v) is 4.18. The van der Waals surface area contributed by atoms with Gasteiger partial charge in [-0.1, -0.05) is 60.7 Å². The molecule has 1 atom stereocenters. The van der Waals surface area contributed by atoms with Crippen molar-refractivity contribution in [3.63, 3.8) is 0 Å². The number of hydrogen-bond donors (Lipinski definition) is 1. The zero-order chi connectivity index (χ0) is 20.4. The summed E-state index contributed by atoms with van der Waals surface area (Å²) in [6.45, 7) is 1.02. The van der Waals surface area contributed by atoms with Crippen molar-refractivity contribution in [3.8, 4) is 22.5 Å². The summed E-state index contributed by atoms with van der Waals surface area (Å²) in [5.41, 5.74) is -3.14. The number of furan rings is 1. The number of alkyl halides is 3. The van der Waals surface area contributed by atoms with Crippen LogP contribution in [0.25, 0.3) is 22.5 Å². The molecule has 0 spiro atoms. The minimum absolute atomic E-state index is 0.0488. The van der Waals surface area contributed by atoms with Crippen LogP contribution in [0, 0.1) is 0 Å². The summed E-state index contributed by atoms with van der Waals surface area (Å²) in [5.74, 6) is -2.68. The smallest absolute Gasteiger partial charge is 0.435 e. The van der Waals surface area contributed by atoms with Crippen molar-refractivity contribution in [2.75, 3.05) is 6.61 Å². The Kier molecular flexibility index (Phi) is 5.29. The first-order chi connectivity index (χ1) is 13.3. The highest BCUT2D eigenvalue weighted by molar-refractivity contribution is 5.86. The van der Waals surface area contributed by atoms with Crippen molar-refractivity contribution in [1.29, 1.82) is 0 Å². The minimum Gasteiger partial charge on any atom is -0.463 e. The van der Waals surface area contributed by atoms with Gasteiger partial charge in [-0.2, -0.15) is 13.2 Å². The summed E-state index contributed by atoms with van der Waals surface area (Å²) in [6.07, 6.45) is -5.35. The number of aliphatic hydroxyl groups is 1. The van der Waals surface area contributed by atoms with Crippen LogP contribution in [0.1, 0.15) is 12.7 Å². The predicted molar refractivity (Wildman–Crippen MR) is 96.2 cm³/mol. The van der Waals surface area contributed by atoms with Gasteiger partial charge in [-0.15, -0.1) is 0 Å². The van der Waals surface area contributed by atoms with Gasteiger partial charge in [0.1, 0.15) is 5.76 Å². The van der Waals surface area contributed by atoms with Gasteiger partial charge >= 0.3 is 17.7 Å². The Morgan fingerprint density at radius 3 is 2.04 bits per heavy atom. The molecule has 0 aliphatic heterocycles. The normalized spacial score (nSPS) is 13.8. The molecule has 4 nitrogen and oxygen atoms in total. The summed E-state index contributed by atoms with van der Waals surface area (Å²) in [7, 11) is 0. The molecule has 2 aromatic carbocycles. The highest BCUT2D eigenvalue weighted by Crippen LogP contribution is 2.46. The molecule has 7 heteroatoms. The molecular weight excluding hydrogens is 373 g/mol. The third kappa shape index (κ3) is 3.41. The van der Waals surface area contributed by atoms with Gasteiger partial charge in [0.15, 0.2) is 5.76 Å². The van der Waals surface area contributed by atoms with Gasteiger partial charge in [-0.25, -0.2) is 4.79 Å². The maximum Gasteiger partial charge on any atom is 0.435 e. The van der Waals surface area contributed by atoms with E-state index < -0.39 is 23.5 Å². The maximum absolute atomic E-state index is 13.9. The fourth-order valence-electron chi connectivity index (χ4n) is 2.81. The van der Waals surface area contributed by atoms with Crippen molar-refractivity contribution in [2.45, 2.75) is 18.7 Å². The van der Waals surface area contributed by atoms with Gasteiger partial charge in [0.25, 0.3) is 0 Å². The lowest BCUT2D eigenvalue weighted by atomic mass is 9.93. The lowest BCUT2D eigenvalue weighted by Gasteiger charge is -2.27. The van der Waals surface area contributed by atoms with Gasteiger partial charge in [0, 0.05) is 11.1 Å². The van der Waals surface area contributed by atoms with E-state index in [1.807, 2.05) is 0 Å². The van der Waals surface area contributed by atoms with E-state index in [1.165, 1.54) is 13.0 Å². The largest absolute Gasteiger partial charge is 0.463 e. The molecule has 0 bridgehead atoms. The number of hydrogen-bond acceptors (Lipinski definition) is 4. The third-order valence-electron chi connectivity index (χ3n) is 4.18. The predicted octanol–water partition coefficient (Wildman–Crippen LogP) is 4.93. The Morgan fingerprint density at radius 1 is 1.00 bits per heavy atom. The first kappa shape index (κ1) is 19.7. The fraction of sp³-hybridized carbons (Fsp3) is 0.190. The average molecular weight is 390 g/mol. The minimum atomic E-state index is -5.35. The Labute approximate surface area is 159 Å². The van der Waals surface area contributed by atoms with Gasteiger partial charge in [0.05, 0.1) is 6.61 Å². The molecule has 0 amide bonds. The molecule has 1 N–H and O–H groups in total. The van der Waals surface area contributed by atoms with Gasteiger partial charge in [0.2, 0.25) is 0 Å². The lowest BCUT2D eigenvalue weighted by molar-refractivity contribution is -0.272. The number of esters is 1. The van der Waals surface area contributed by atoms with Crippen molar-refractivity contribution in [3.05, 3.63) is 72.5 Å². The summed E-state index contributed by atoms with van der Waals surface area (Å²) in [6, 6.07) is 17.9. The first-order valence-corrected chi connectivity index (χ1v) is 8.50. The molecule has 3 rings (SSSR count). The monoisotopic (exact) mass is 390 g/mol. The van der Waals surface area contributed by atoms with E-state index in [9.17, 15) is 23.1 Å². The topological polar surface area (TPSA) is 59.7 Å². The quantitative estimate of drug-likeness (QED) is 0.628. The van der Waals surface area contributed by atoms with E-state index in [-0.39, 0.29) is 17.9 Å². The van der Waals surface area contributed by atoms with Crippen LogP contribution in [0.3, 0.4) is 0 Å². The molecule has 1 heterocycles. The molecule has 0 saturated heterocycles. The number of carbonyl (C=O) groups is 1. The van der Waals surface area contributed by atoms with Crippen LogP contribution in [0.5, 0.6) is 0 Å². The van der Waals surface area contributed by atoms with E-state index >= 15 is 0 Å². The standard InChI is InChI=1S/C21H17F3O4/c1-2-27-19(25)20(26,21(22,23)24)18-16(14-9-5-3-6-10-14)13-17(28-18)15-11-7-4-8-12-15/h3-13,26H,2H2,1H3/t20-/m1/s1. The van der Waals surface area contributed by atoms with Crippen LogP contribution in [-0.2, 0) is 15.1 Å². The summed E-state index contributed by atoms with van der Waals surface area (Å²) >= 11 is 0. The molecule has 0 saturated carbocycles. The average Bonchev–Trinajstić information content (AvgIpc) is 3.14. The van der Waals surface area contributed by atoms with Crippen LogP contribution >= 0.6 is 0 Å². The van der Waals surface area contributed by atoms with E-state index in [4.69, 9.17) is 4.42 Å².